The van der Waals surface area contributed by atoms with Crippen LogP contribution in [0.3, 0.4) is 0 Å². The van der Waals surface area contributed by atoms with Gasteiger partial charge in [0.2, 0.25) is 0 Å². The van der Waals surface area contributed by atoms with Crippen LogP contribution in [0.4, 0.5) is 5.69 Å². The number of nitrogens with zero attached hydrogens (tertiary/aromatic N) is 3. The number of thiophene rings is 2. The Balaban J connectivity index is 1.01. The van der Waals surface area contributed by atoms with Crippen molar-refractivity contribution >= 4 is 112 Å². The Morgan fingerprint density at radius 1 is 0.418 bits per heavy atom. The lowest BCUT2D eigenvalue weighted by Gasteiger charge is -2.09. The van der Waals surface area contributed by atoms with Crippen molar-refractivity contribution in [3.8, 4) is 22.5 Å². The van der Waals surface area contributed by atoms with Crippen molar-refractivity contribution in [1.82, 2.24) is 9.13 Å². The Hall–Kier alpha value is -6.71. The lowest BCUT2D eigenvalue weighted by molar-refractivity contribution is 1.19. The van der Waals surface area contributed by atoms with Crippen molar-refractivity contribution in [3.63, 3.8) is 0 Å². The third-order valence-corrected chi connectivity index (χ3v) is 13.8. The molecule has 0 fully saturated rings. The molecular weight excluding hydrogens is 707 g/mol. The van der Waals surface area contributed by atoms with Crippen LogP contribution in [0.25, 0.3) is 111 Å². The highest BCUT2D eigenvalue weighted by atomic mass is 32.1. The van der Waals surface area contributed by atoms with E-state index in [1.54, 1.807) is 0 Å². The monoisotopic (exact) mass is 735 g/mol. The zero-order chi connectivity index (χ0) is 36.4. The molecule has 0 radical (unpaired) electrons. The molecule has 0 aliphatic heterocycles. The summed E-state index contributed by atoms with van der Waals surface area (Å²) in [6.45, 7) is 10.1. The molecule has 8 aromatic carbocycles. The molecule has 256 valence electrons. The van der Waals surface area contributed by atoms with Crippen molar-refractivity contribution in [2.24, 2.45) is 0 Å². The number of hydrogen-bond acceptors (Lipinski definition) is 2. The molecule has 12 rings (SSSR count). The third kappa shape index (κ3) is 4.35. The fraction of sp³-hybridized carbons (Fsp3) is 0.0200. The van der Waals surface area contributed by atoms with Gasteiger partial charge in [0.1, 0.15) is 0 Å². The second-order valence-electron chi connectivity index (χ2n) is 14.4. The van der Waals surface area contributed by atoms with Gasteiger partial charge in [-0.2, -0.15) is 0 Å². The molecule has 0 saturated carbocycles. The number of fused-ring (bicyclic) bond motifs is 12. The molecular formula is C50H29N3S2. The molecule has 5 heteroatoms. The SMILES string of the molecule is [C-]#[N+]c1cccc2c1c1ccccc1n2-c1ccc2sc3ccc(-c4ccc5sc6ccc(-n7c8ccccc8c8c(C)cccc87)cc6c5c4)cc3c2c1. The van der Waals surface area contributed by atoms with Crippen molar-refractivity contribution in [2.45, 2.75) is 6.92 Å². The number of rotatable bonds is 3. The molecule has 4 heterocycles. The van der Waals surface area contributed by atoms with Gasteiger partial charge in [0.05, 0.1) is 23.1 Å². The van der Waals surface area contributed by atoms with E-state index in [1.165, 1.54) is 84.5 Å². The minimum Gasteiger partial charge on any atom is -0.311 e. The first-order valence-corrected chi connectivity index (χ1v) is 20.1. The molecule has 3 nitrogen and oxygen atoms in total. The van der Waals surface area contributed by atoms with Gasteiger partial charge in [-0.1, -0.05) is 72.8 Å². The van der Waals surface area contributed by atoms with Crippen LogP contribution in [0.2, 0.25) is 0 Å². The first-order valence-electron chi connectivity index (χ1n) is 18.5. The maximum atomic E-state index is 7.87. The summed E-state index contributed by atoms with van der Waals surface area (Å²) in [5.41, 5.74) is 11.4. The number of aryl methyl sites for hydroxylation is 1. The summed E-state index contributed by atoms with van der Waals surface area (Å²) in [5.74, 6) is 0. The van der Waals surface area contributed by atoms with Crippen LogP contribution in [0, 0.1) is 13.5 Å². The molecule has 0 spiro atoms. The molecule has 0 saturated heterocycles. The minimum atomic E-state index is 0.688. The van der Waals surface area contributed by atoms with Crippen molar-refractivity contribution < 1.29 is 0 Å². The highest BCUT2D eigenvalue weighted by Crippen LogP contribution is 2.43. The van der Waals surface area contributed by atoms with Crippen LogP contribution in [-0.4, -0.2) is 9.13 Å². The first-order chi connectivity index (χ1) is 27.1. The van der Waals surface area contributed by atoms with E-state index in [4.69, 9.17) is 6.57 Å². The fourth-order valence-electron chi connectivity index (χ4n) is 9.02. The summed E-state index contributed by atoms with van der Waals surface area (Å²) in [6.07, 6.45) is 0. The molecule has 0 amide bonds. The van der Waals surface area contributed by atoms with Crippen molar-refractivity contribution in [3.05, 3.63) is 175 Å². The second kappa shape index (κ2) is 11.4. The van der Waals surface area contributed by atoms with E-state index in [1.807, 2.05) is 34.8 Å². The van der Waals surface area contributed by atoms with Gasteiger partial charge in [-0.25, -0.2) is 4.85 Å². The van der Waals surface area contributed by atoms with Crippen molar-refractivity contribution in [1.29, 1.82) is 0 Å². The fourth-order valence-corrected chi connectivity index (χ4v) is 11.2. The van der Waals surface area contributed by atoms with E-state index >= 15 is 0 Å². The Morgan fingerprint density at radius 3 is 1.44 bits per heavy atom. The Labute approximate surface area is 324 Å². The maximum absolute atomic E-state index is 7.87. The lowest BCUT2D eigenvalue weighted by Crippen LogP contribution is -1.93. The van der Waals surface area contributed by atoms with Gasteiger partial charge in [0.25, 0.3) is 0 Å². The van der Waals surface area contributed by atoms with E-state index in [9.17, 15) is 0 Å². The molecule has 0 unspecified atom stereocenters. The molecule has 55 heavy (non-hydrogen) atoms. The summed E-state index contributed by atoms with van der Waals surface area (Å²) < 4.78 is 9.89. The predicted octanol–water partition coefficient (Wildman–Crippen LogP) is 15.1. The van der Waals surface area contributed by atoms with Crippen LogP contribution >= 0.6 is 22.7 Å². The number of aromatic nitrogens is 2. The van der Waals surface area contributed by atoms with Gasteiger partial charge < -0.3 is 9.13 Å². The number of benzene rings is 8. The van der Waals surface area contributed by atoms with Gasteiger partial charge in [0.15, 0.2) is 5.69 Å². The standard InChI is InChI=1S/C50H29N3S2/c1-29-9-7-15-43-49(29)34-10-3-5-13-41(34)52(43)32-19-23-47-38(27-32)36-25-30(17-21-45(36)54-47)31-18-22-46-37(26-31)39-28-33(20-24-48(39)55-46)53-42-14-6-4-11-35(42)50-40(51-2)12-8-16-44(50)53/h3-28H,1H3. The predicted molar refractivity (Wildman–Crippen MR) is 237 cm³/mol. The summed E-state index contributed by atoms with van der Waals surface area (Å²) in [7, 11) is 0. The summed E-state index contributed by atoms with van der Waals surface area (Å²) in [4.78, 5) is 3.89. The average molecular weight is 736 g/mol. The highest BCUT2D eigenvalue weighted by molar-refractivity contribution is 7.26. The average Bonchev–Trinajstić information content (AvgIpc) is 3.97. The van der Waals surface area contributed by atoms with Gasteiger partial charge in [-0.15, -0.1) is 22.7 Å². The zero-order valence-electron chi connectivity index (χ0n) is 29.7. The molecule has 0 atom stereocenters. The Morgan fingerprint density at radius 2 is 0.873 bits per heavy atom. The minimum absolute atomic E-state index is 0.688. The molecule has 12 aromatic rings. The van der Waals surface area contributed by atoms with E-state index in [2.05, 4.69) is 166 Å². The van der Waals surface area contributed by atoms with Gasteiger partial charge in [-0.3, -0.25) is 0 Å². The van der Waals surface area contributed by atoms with Crippen molar-refractivity contribution in [2.75, 3.05) is 0 Å². The van der Waals surface area contributed by atoms with E-state index in [0.29, 0.717) is 5.69 Å². The topological polar surface area (TPSA) is 14.2 Å². The molecule has 0 bridgehead atoms. The Kier molecular flexibility index (Phi) is 6.37. The van der Waals surface area contributed by atoms with Crippen LogP contribution in [0.5, 0.6) is 0 Å². The van der Waals surface area contributed by atoms with Gasteiger partial charge in [-0.05, 0) is 114 Å². The third-order valence-electron chi connectivity index (χ3n) is 11.5. The summed E-state index contributed by atoms with van der Waals surface area (Å²) >= 11 is 3.71. The molecule has 4 aromatic heterocycles. The van der Waals surface area contributed by atoms with E-state index in [-0.39, 0.29) is 0 Å². The Bertz CT molecular complexity index is 3640. The van der Waals surface area contributed by atoms with E-state index in [0.717, 1.165) is 27.5 Å². The quantitative estimate of drug-likeness (QED) is 0.160. The summed E-state index contributed by atoms with van der Waals surface area (Å²) in [5, 5.41) is 9.83. The smallest absolute Gasteiger partial charge is 0.197 e. The van der Waals surface area contributed by atoms with Gasteiger partial charge in [0, 0.05) is 73.4 Å². The number of hydrogen-bond donors (Lipinski definition) is 0. The normalized spacial score (nSPS) is 12.1. The molecule has 0 aliphatic carbocycles. The van der Waals surface area contributed by atoms with Crippen LogP contribution in [0.1, 0.15) is 5.56 Å². The largest absolute Gasteiger partial charge is 0.311 e. The van der Waals surface area contributed by atoms with Gasteiger partial charge >= 0.3 is 0 Å². The van der Waals surface area contributed by atoms with Crippen LogP contribution < -0.4 is 0 Å². The summed E-state index contributed by atoms with van der Waals surface area (Å²) in [6, 6.07) is 57.6. The molecule has 0 N–H and O–H groups in total. The highest BCUT2D eigenvalue weighted by Gasteiger charge is 2.18. The first kappa shape index (κ1) is 30.7. The zero-order valence-corrected chi connectivity index (χ0v) is 31.3. The lowest BCUT2D eigenvalue weighted by atomic mass is 10.0. The maximum Gasteiger partial charge on any atom is 0.197 e. The second-order valence-corrected chi connectivity index (χ2v) is 16.6. The van der Waals surface area contributed by atoms with Crippen LogP contribution in [0.15, 0.2) is 158 Å². The van der Waals surface area contributed by atoms with Crippen LogP contribution in [-0.2, 0) is 0 Å². The molecule has 0 aliphatic rings. The van der Waals surface area contributed by atoms with E-state index < -0.39 is 0 Å². The number of para-hydroxylation sites is 2.